The molecule has 2 rings (SSSR count). The summed E-state index contributed by atoms with van der Waals surface area (Å²) in [6.45, 7) is 0. The first-order valence-corrected chi connectivity index (χ1v) is 6.39. The lowest BCUT2D eigenvalue weighted by Gasteiger charge is -1.99. The zero-order chi connectivity index (χ0) is 9.42. The Hall–Kier alpha value is 0.240. The molecule has 0 nitrogen and oxygen atoms in total. The topological polar surface area (TPSA) is 0 Å². The molecular formula is C9H5BrCl2S. The molecular weight excluding hydrogens is 291 g/mol. The summed E-state index contributed by atoms with van der Waals surface area (Å²) >= 11 is 17.1. The van der Waals surface area contributed by atoms with Crippen LogP contribution >= 0.6 is 50.5 Å². The van der Waals surface area contributed by atoms with E-state index in [1.54, 1.807) is 11.3 Å². The van der Waals surface area contributed by atoms with Crippen molar-refractivity contribution in [1.29, 1.82) is 0 Å². The zero-order valence-electron chi connectivity index (χ0n) is 6.48. The molecule has 0 N–H and O–H groups in total. The number of alkyl halides is 1. The van der Waals surface area contributed by atoms with E-state index in [-0.39, 0.29) is 0 Å². The summed E-state index contributed by atoms with van der Waals surface area (Å²) < 4.78 is 1.14. The van der Waals surface area contributed by atoms with E-state index in [0.29, 0.717) is 0 Å². The van der Waals surface area contributed by atoms with Gasteiger partial charge in [-0.1, -0.05) is 39.1 Å². The minimum atomic E-state index is 0.758. The van der Waals surface area contributed by atoms with E-state index in [0.717, 1.165) is 31.0 Å². The molecule has 13 heavy (non-hydrogen) atoms. The molecule has 68 valence electrons. The maximum atomic E-state index is 6.05. The lowest BCUT2D eigenvalue weighted by atomic mass is 10.2. The summed E-state index contributed by atoms with van der Waals surface area (Å²) in [5.41, 5.74) is 1.08. The predicted molar refractivity (Wildman–Crippen MR) is 64.5 cm³/mol. The van der Waals surface area contributed by atoms with E-state index in [2.05, 4.69) is 15.9 Å². The van der Waals surface area contributed by atoms with Crippen LogP contribution in [0.1, 0.15) is 5.56 Å². The number of halogens is 3. The molecule has 1 heterocycles. The molecule has 0 amide bonds. The molecule has 0 radical (unpaired) electrons. The fourth-order valence-corrected chi connectivity index (χ4v) is 3.27. The predicted octanol–water partition coefficient (Wildman–Crippen LogP) is 5.10. The van der Waals surface area contributed by atoms with Gasteiger partial charge in [-0.3, -0.25) is 0 Å². The molecule has 2 aromatic rings. The summed E-state index contributed by atoms with van der Waals surface area (Å²) in [7, 11) is 0. The normalized spacial score (nSPS) is 11.0. The van der Waals surface area contributed by atoms with Crippen LogP contribution in [-0.4, -0.2) is 0 Å². The van der Waals surface area contributed by atoms with E-state index in [9.17, 15) is 0 Å². The minimum Gasteiger partial charge on any atom is -0.142 e. The number of fused-ring (bicyclic) bond motifs is 1. The summed E-state index contributed by atoms with van der Waals surface area (Å²) in [4.78, 5) is 0. The average Bonchev–Trinajstić information content (AvgIpc) is 2.46. The molecule has 0 aliphatic heterocycles. The van der Waals surface area contributed by atoms with Crippen molar-refractivity contribution in [2.45, 2.75) is 5.33 Å². The lowest BCUT2D eigenvalue weighted by Crippen LogP contribution is -1.78. The number of thiophene rings is 1. The van der Waals surface area contributed by atoms with E-state index in [1.807, 2.05) is 17.5 Å². The van der Waals surface area contributed by atoms with Crippen molar-refractivity contribution in [3.05, 3.63) is 33.1 Å². The third-order valence-electron chi connectivity index (χ3n) is 1.84. The van der Waals surface area contributed by atoms with Gasteiger partial charge in [-0.2, -0.15) is 0 Å². The molecule has 1 aromatic carbocycles. The van der Waals surface area contributed by atoms with Gasteiger partial charge in [-0.15, -0.1) is 11.3 Å². The van der Waals surface area contributed by atoms with Crippen LogP contribution in [-0.2, 0) is 5.33 Å². The highest BCUT2D eigenvalue weighted by atomic mass is 79.9. The minimum absolute atomic E-state index is 0.758. The van der Waals surface area contributed by atoms with Gasteiger partial charge in [0.15, 0.2) is 0 Å². The van der Waals surface area contributed by atoms with E-state index in [1.165, 1.54) is 0 Å². The molecule has 0 spiro atoms. The Morgan fingerprint density at radius 1 is 1.23 bits per heavy atom. The Labute approximate surface area is 98.6 Å². The summed E-state index contributed by atoms with van der Waals surface area (Å²) in [5, 5.41) is 5.38. The lowest BCUT2D eigenvalue weighted by molar-refractivity contribution is 1.47. The molecule has 4 heteroatoms. The third kappa shape index (κ3) is 1.73. The first-order valence-electron chi connectivity index (χ1n) is 3.63. The van der Waals surface area contributed by atoms with Crippen molar-refractivity contribution in [1.82, 2.24) is 0 Å². The fourth-order valence-electron chi connectivity index (χ4n) is 1.17. The van der Waals surface area contributed by atoms with Crippen LogP contribution < -0.4 is 0 Å². The standard InChI is InChI=1S/C9H5BrCl2S/c10-3-5-1-6-8(12)4-13-9(6)2-7(5)11/h1-2,4H,3H2. The molecule has 0 aliphatic carbocycles. The Bertz CT molecular complexity index is 450. The van der Waals surface area contributed by atoms with Gasteiger partial charge in [0.05, 0.1) is 5.02 Å². The highest BCUT2D eigenvalue weighted by Crippen LogP contribution is 2.34. The Morgan fingerprint density at radius 2 is 2.00 bits per heavy atom. The van der Waals surface area contributed by atoms with Gasteiger partial charge in [0, 0.05) is 25.8 Å². The number of hydrogen-bond acceptors (Lipinski definition) is 1. The van der Waals surface area contributed by atoms with Crippen LogP contribution in [0.5, 0.6) is 0 Å². The summed E-state index contributed by atoms with van der Waals surface area (Å²) in [6, 6.07) is 4.00. The highest BCUT2D eigenvalue weighted by molar-refractivity contribution is 9.08. The Morgan fingerprint density at radius 3 is 2.69 bits per heavy atom. The smallest absolute Gasteiger partial charge is 0.0591 e. The number of rotatable bonds is 1. The first-order chi connectivity index (χ1) is 6.22. The van der Waals surface area contributed by atoms with Gasteiger partial charge in [-0.05, 0) is 17.7 Å². The van der Waals surface area contributed by atoms with Crippen molar-refractivity contribution in [2.75, 3.05) is 0 Å². The van der Waals surface area contributed by atoms with Gasteiger partial charge in [0.2, 0.25) is 0 Å². The molecule has 0 fully saturated rings. The molecule has 0 atom stereocenters. The van der Waals surface area contributed by atoms with Gasteiger partial charge in [0.25, 0.3) is 0 Å². The molecule has 1 aromatic heterocycles. The monoisotopic (exact) mass is 294 g/mol. The van der Waals surface area contributed by atoms with E-state index >= 15 is 0 Å². The molecule has 0 unspecified atom stereocenters. The summed E-state index contributed by atoms with van der Waals surface area (Å²) in [6.07, 6.45) is 0. The zero-order valence-corrected chi connectivity index (χ0v) is 10.4. The molecule has 0 bridgehead atoms. The van der Waals surface area contributed by atoms with E-state index in [4.69, 9.17) is 23.2 Å². The number of benzene rings is 1. The third-order valence-corrected chi connectivity index (χ3v) is 4.18. The second kappa shape index (κ2) is 3.77. The van der Waals surface area contributed by atoms with Crippen LogP contribution in [0.4, 0.5) is 0 Å². The number of hydrogen-bond donors (Lipinski definition) is 0. The first kappa shape index (κ1) is 9.78. The fraction of sp³-hybridized carbons (Fsp3) is 0.111. The van der Waals surface area contributed by atoms with Crippen LogP contribution in [0.15, 0.2) is 17.5 Å². The highest BCUT2D eigenvalue weighted by Gasteiger charge is 2.06. The summed E-state index contributed by atoms with van der Waals surface area (Å²) in [5.74, 6) is 0. The molecule has 0 saturated carbocycles. The van der Waals surface area contributed by atoms with Crippen molar-refractivity contribution in [3.63, 3.8) is 0 Å². The maximum Gasteiger partial charge on any atom is 0.0591 e. The van der Waals surface area contributed by atoms with E-state index < -0.39 is 0 Å². The van der Waals surface area contributed by atoms with Crippen LogP contribution in [0.25, 0.3) is 10.1 Å². The largest absolute Gasteiger partial charge is 0.142 e. The Kier molecular flexibility index (Phi) is 2.84. The second-order valence-electron chi connectivity index (χ2n) is 2.66. The quantitative estimate of drug-likeness (QED) is 0.642. The average molecular weight is 296 g/mol. The van der Waals surface area contributed by atoms with Gasteiger partial charge in [-0.25, -0.2) is 0 Å². The van der Waals surface area contributed by atoms with Gasteiger partial charge < -0.3 is 0 Å². The maximum absolute atomic E-state index is 6.05. The van der Waals surface area contributed by atoms with Crippen molar-refractivity contribution in [2.24, 2.45) is 0 Å². The van der Waals surface area contributed by atoms with Gasteiger partial charge in [0.1, 0.15) is 0 Å². The van der Waals surface area contributed by atoms with Crippen molar-refractivity contribution >= 4 is 60.6 Å². The van der Waals surface area contributed by atoms with Crippen LogP contribution in [0.3, 0.4) is 0 Å². The van der Waals surface area contributed by atoms with Crippen LogP contribution in [0, 0.1) is 0 Å². The van der Waals surface area contributed by atoms with Crippen molar-refractivity contribution in [3.8, 4) is 0 Å². The van der Waals surface area contributed by atoms with Gasteiger partial charge >= 0.3 is 0 Å². The SMILES string of the molecule is Clc1cc2scc(Cl)c2cc1CBr. The second-order valence-corrected chi connectivity index (χ2v) is 4.94. The molecule has 0 aliphatic rings. The van der Waals surface area contributed by atoms with Crippen molar-refractivity contribution < 1.29 is 0 Å². The Balaban J connectivity index is 2.77. The van der Waals surface area contributed by atoms with Crippen LogP contribution in [0.2, 0.25) is 10.0 Å². The molecule has 0 saturated heterocycles.